The van der Waals surface area contributed by atoms with Crippen LogP contribution in [0.3, 0.4) is 0 Å². The van der Waals surface area contributed by atoms with Crippen molar-refractivity contribution in [2.45, 2.75) is 11.8 Å². The van der Waals surface area contributed by atoms with Crippen molar-refractivity contribution in [3.05, 3.63) is 28.0 Å². The van der Waals surface area contributed by atoms with Crippen molar-refractivity contribution in [3.63, 3.8) is 0 Å². The van der Waals surface area contributed by atoms with E-state index >= 15 is 0 Å². The second-order valence-corrected chi connectivity index (χ2v) is 6.60. The minimum absolute atomic E-state index is 0.0145. The molecule has 8 heteroatoms. The number of aryl methyl sites for hydroxylation is 1. The van der Waals surface area contributed by atoms with Crippen LogP contribution in [-0.2, 0) is 9.05 Å². The summed E-state index contributed by atoms with van der Waals surface area (Å²) in [5, 5.41) is 0.0842. The van der Waals surface area contributed by atoms with Crippen LogP contribution >= 0.6 is 33.9 Å². The first-order valence-electron chi connectivity index (χ1n) is 4.37. The quantitative estimate of drug-likeness (QED) is 0.759. The lowest BCUT2D eigenvalue weighted by Crippen LogP contribution is -1.97. The van der Waals surface area contributed by atoms with Crippen molar-refractivity contribution in [1.82, 2.24) is 9.97 Å². The Kier molecular flexibility index (Phi) is 3.20. The van der Waals surface area contributed by atoms with E-state index in [1.165, 1.54) is 6.07 Å². The average Bonchev–Trinajstić information content (AvgIpc) is 2.18. The van der Waals surface area contributed by atoms with Crippen molar-refractivity contribution in [2.24, 2.45) is 0 Å². The van der Waals surface area contributed by atoms with Crippen LogP contribution < -0.4 is 0 Å². The van der Waals surface area contributed by atoms with Crippen molar-refractivity contribution < 1.29 is 8.42 Å². The predicted octanol–water partition coefficient (Wildman–Crippen LogP) is 3.17. The molecule has 1 heterocycles. The molecule has 0 saturated carbocycles. The molecular formula is C9H5Cl3N2O2S. The number of hydrogen-bond donors (Lipinski definition) is 0. The fourth-order valence-corrected chi connectivity index (χ4v) is 2.87. The van der Waals surface area contributed by atoms with Gasteiger partial charge < -0.3 is 0 Å². The Morgan fingerprint density at radius 3 is 2.00 bits per heavy atom. The van der Waals surface area contributed by atoms with Crippen LogP contribution in [0, 0.1) is 6.92 Å². The summed E-state index contributed by atoms with van der Waals surface area (Å²) in [7, 11) is 1.48. The van der Waals surface area contributed by atoms with E-state index in [-0.39, 0.29) is 15.2 Å². The molecule has 0 spiro atoms. The van der Waals surface area contributed by atoms with Gasteiger partial charge >= 0.3 is 0 Å². The molecule has 0 amide bonds. The minimum Gasteiger partial charge on any atom is -0.231 e. The van der Waals surface area contributed by atoms with Crippen LogP contribution in [0.4, 0.5) is 0 Å². The number of aromatic nitrogens is 2. The molecule has 1 aromatic carbocycles. The first-order chi connectivity index (χ1) is 7.79. The molecule has 0 radical (unpaired) electrons. The number of fused-ring (bicyclic) bond motifs is 1. The minimum atomic E-state index is -3.82. The summed E-state index contributed by atoms with van der Waals surface area (Å²) < 4.78 is 22.6. The van der Waals surface area contributed by atoms with Crippen molar-refractivity contribution in [1.29, 1.82) is 0 Å². The van der Waals surface area contributed by atoms with E-state index in [1.54, 1.807) is 13.0 Å². The predicted molar refractivity (Wildman–Crippen MR) is 67.3 cm³/mol. The zero-order chi connectivity index (χ0) is 12.8. The fourth-order valence-electron chi connectivity index (χ4n) is 1.41. The van der Waals surface area contributed by atoms with Crippen LogP contribution in [-0.4, -0.2) is 18.4 Å². The molecule has 0 aliphatic heterocycles. The van der Waals surface area contributed by atoms with Crippen LogP contribution in [0.5, 0.6) is 0 Å². The van der Waals surface area contributed by atoms with E-state index in [1.807, 2.05) is 0 Å². The van der Waals surface area contributed by atoms with E-state index < -0.39 is 9.05 Å². The topological polar surface area (TPSA) is 59.9 Å². The summed E-state index contributed by atoms with van der Waals surface area (Å²) >= 11 is 11.4. The lowest BCUT2D eigenvalue weighted by molar-refractivity contribution is 0.609. The summed E-state index contributed by atoms with van der Waals surface area (Å²) in [6.45, 7) is 1.61. The normalized spacial score (nSPS) is 12.0. The maximum Gasteiger partial charge on any atom is 0.261 e. The molecule has 0 aliphatic carbocycles. The Morgan fingerprint density at radius 1 is 1.06 bits per heavy atom. The Hall–Kier alpha value is -0.620. The van der Waals surface area contributed by atoms with Gasteiger partial charge in [0.15, 0.2) is 10.3 Å². The molecule has 0 saturated heterocycles. The third kappa shape index (κ3) is 2.47. The van der Waals surface area contributed by atoms with Gasteiger partial charge in [-0.05, 0) is 24.6 Å². The monoisotopic (exact) mass is 310 g/mol. The lowest BCUT2D eigenvalue weighted by atomic mass is 10.2. The Bertz CT molecular complexity index is 716. The molecule has 2 rings (SSSR count). The Morgan fingerprint density at radius 2 is 1.53 bits per heavy atom. The second-order valence-electron chi connectivity index (χ2n) is 3.35. The highest BCUT2D eigenvalue weighted by molar-refractivity contribution is 8.13. The molecule has 2 aromatic rings. The summed E-state index contributed by atoms with van der Waals surface area (Å²) in [6, 6.07) is 2.86. The largest absolute Gasteiger partial charge is 0.261 e. The second kappa shape index (κ2) is 4.24. The first-order valence-corrected chi connectivity index (χ1v) is 7.43. The summed E-state index contributed by atoms with van der Waals surface area (Å²) in [5.74, 6) is 0. The van der Waals surface area contributed by atoms with Gasteiger partial charge in [-0.1, -0.05) is 23.2 Å². The molecular weight excluding hydrogens is 307 g/mol. The number of nitrogens with zero attached hydrogens (tertiary/aromatic N) is 2. The summed E-state index contributed by atoms with van der Waals surface area (Å²) in [5.41, 5.74) is 1.25. The first kappa shape index (κ1) is 12.8. The molecule has 1 aromatic heterocycles. The zero-order valence-electron chi connectivity index (χ0n) is 8.41. The van der Waals surface area contributed by atoms with E-state index in [0.29, 0.717) is 16.6 Å². The van der Waals surface area contributed by atoms with Gasteiger partial charge in [-0.15, -0.1) is 0 Å². The molecule has 0 unspecified atom stereocenters. The highest BCUT2D eigenvalue weighted by Gasteiger charge is 2.16. The molecule has 0 fully saturated rings. The number of halogens is 3. The molecule has 0 bridgehead atoms. The summed E-state index contributed by atoms with van der Waals surface area (Å²) in [6.07, 6.45) is 0. The fraction of sp³-hybridized carbons (Fsp3) is 0.111. The molecule has 17 heavy (non-hydrogen) atoms. The van der Waals surface area contributed by atoms with Gasteiger partial charge in [0.1, 0.15) is 0 Å². The molecule has 0 atom stereocenters. The van der Waals surface area contributed by atoms with E-state index in [9.17, 15) is 8.42 Å². The lowest BCUT2D eigenvalue weighted by Gasteiger charge is -2.05. The third-order valence-electron chi connectivity index (χ3n) is 2.14. The highest BCUT2D eigenvalue weighted by atomic mass is 35.7. The molecule has 4 nitrogen and oxygen atoms in total. The highest BCUT2D eigenvalue weighted by Crippen LogP contribution is 2.27. The maximum atomic E-state index is 11.3. The molecule has 0 N–H and O–H groups in total. The number of rotatable bonds is 1. The van der Waals surface area contributed by atoms with Gasteiger partial charge in [0, 0.05) is 10.7 Å². The van der Waals surface area contributed by atoms with E-state index in [0.717, 1.165) is 0 Å². The van der Waals surface area contributed by atoms with Crippen LogP contribution in [0.25, 0.3) is 11.0 Å². The van der Waals surface area contributed by atoms with Gasteiger partial charge in [-0.3, -0.25) is 0 Å². The van der Waals surface area contributed by atoms with Gasteiger partial charge in [0.05, 0.1) is 15.9 Å². The zero-order valence-corrected chi connectivity index (χ0v) is 11.5. The standard InChI is InChI=1S/C9H5Cl3N2O2S/c1-4-2-5-6(3-7(4)17(12,15)16)14-9(11)8(10)13-5/h2-3H,1H3. The smallest absolute Gasteiger partial charge is 0.231 e. The van der Waals surface area contributed by atoms with E-state index in [2.05, 4.69) is 9.97 Å². The van der Waals surface area contributed by atoms with Crippen LogP contribution in [0.15, 0.2) is 17.0 Å². The average molecular weight is 312 g/mol. The SMILES string of the molecule is Cc1cc2nc(Cl)c(Cl)nc2cc1S(=O)(=O)Cl. The van der Waals surface area contributed by atoms with E-state index in [4.69, 9.17) is 33.9 Å². The Labute approximate surface area is 112 Å². The summed E-state index contributed by atoms with van der Waals surface area (Å²) in [4.78, 5) is 7.92. The Balaban J connectivity index is 2.86. The number of benzene rings is 1. The van der Waals surface area contributed by atoms with Crippen molar-refractivity contribution >= 4 is 54.0 Å². The van der Waals surface area contributed by atoms with Crippen LogP contribution in [0.2, 0.25) is 10.3 Å². The van der Waals surface area contributed by atoms with Gasteiger partial charge in [0.2, 0.25) is 0 Å². The van der Waals surface area contributed by atoms with Crippen molar-refractivity contribution in [3.8, 4) is 0 Å². The van der Waals surface area contributed by atoms with Gasteiger partial charge in [-0.25, -0.2) is 18.4 Å². The molecule has 0 aliphatic rings. The van der Waals surface area contributed by atoms with Crippen molar-refractivity contribution in [2.75, 3.05) is 0 Å². The van der Waals surface area contributed by atoms with Gasteiger partial charge in [-0.2, -0.15) is 0 Å². The third-order valence-corrected chi connectivity index (χ3v) is 4.23. The molecule has 90 valence electrons. The number of hydrogen-bond acceptors (Lipinski definition) is 4. The van der Waals surface area contributed by atoms with Crippen LogP contribution in [0.1, 0.15) is 5.56 Å². The maximum absolute atomic E-state index is 11.3. The van der Waals surface area contributed by atoms with Gasteiger partial charge in [0.25, 0.3) is 9.05 Å².